The fourth-order valence-corrected chi connectivity index (χ4v) is 5.28. The van der Waals surface area contributed by atoms with E-state index in [0.29, 0.717) is 5.78 Å². The van der Waals surface area contributed by atoms with E-state index in [2.05, 4.69) is 28.1 Å². The predicted octanol–water partition coefficient (Wildman–Crippen LogP) is 6.24. The number of carbonyl (C=O) groups excluding carboxylic acids is 1. The van der Waals surface area contributed by atoms with E-state index in [1.54, 1.807) is 0 Å². The summed E-state index contributed by atoms with van der Waals surface area (Å²) < 4.78 is 6.06. The van der Waals surface area contributed by atoms with Gasteiger partial charge < -0.3 is 4.42 Å². The van der Waals surface area contributed by atoms with Crippen LogP contribution in [0.4, 0.5) is 0 Å². The van der Waals surface area contributed by atoms with Gasteiger partial charge in [0.15, 0.2) is 0 Å². The number of nitrogens with zero attached hydrogens (tertiary/aromatic N) is 2. The van der Waals surface area contributed by atoms with Gasteiger partial charge in [0.05, 0.1) is 11.6 Å². The van der Waals surface area contributed by atoms with Crippen molar-refractivity contribution in [2.24, 2.45) is 5.92 Å². The maximum atomic E-state index is 13.4. The van der Waals surface area contributed by atoms with Crippen LogP contribution in [-0.4, -0.2) is 35.3 Å². The molecule has 1 aromatic carbocycles. The molecule has 0 spiro atoms. The molecule has 3 heterocycles. The molecule has 166 valence electrons. The molecule has 3 aromatic rings. The molecule has 4 nitrogen and oxygen atoms in total. The minimum atomic E-state index is -0.0833. The van der Waals surface area contributed by atoms with E-state index in [-0.39, 0.29) is 11.8 Å². The lowest BCUT2D eigenvalue weighted by Crippen LogP contribution is -2.33. The first-order valence-electron chi connectivity index (χ1n) is 12.1. The number of pyridine rings is 1. The minimum absolute atomic E-state index is 0.0833. The molecule has 1 unspecified atom stereocenters. The van der Waals surface area contributed by atoms with Crippen molar-refractivity contribution in [2.45, 2.75) is 50.9 Å². The van der Waals surface area contributed by atoms with Crippen molar-refractivity contribution in [1.82, 2.24) is 9.88 Å². The van der Waals surface area contributed by atoms with E-state index in [4.69, 9.17) is 4.42 Å². The van der Waals surface area contributed by atoms with Crippen LogP contribution in [0.1, 0.15) is 62.3 Å². The highest BCUT2D eigenvalue weighted by atomic mass is 16.3. The van der Waals surface area contributed by atoms with Crippen molar-refractivity contribution in [1.29, 1.82) is 0 Å². The first kappa shape index (κ1) is 21.1. The zero-order valence-electron chi connectivity index (χ0n) is 18.7. The standard InChI is InChI=1S/C28H32N2O2/c31-28(22-8-2-1-3-9-22)24(25-11-6-7-16-29-25)15-19-30-17-13-21(14-18-30)27-20-23-10-4-5-12-26(23)32-27/h4-7,10-13,16,20,22,24H,1-3,8-9,14-15,17-19H2. The van der Waals surface area contributed by atoms with E-state index < -0.39 is 0 Å². The van der Waals surface area contributed by atoms with Gasteiger partial charge in [0.25, 0.3) is 0 Å². The lowest BCUT2D eigenvalue weighted by molar-refractivity contribution is -0.125. The Bertz CT molecular complexity index is 1050. The number of fused-ring (bicyclic) bond motifs is 1. The van der Waals surface area contributed by atoms with E-state index in [0.717, 1.165) is 67.7 Å². The first-order valence-corrected chi connectivity index (χ1v) is 12.1. The molecule has 1 atom stereocenters. The van der Waals surface area contributed by atoms with Crippen LogP contribution < -0.4 is 0 Å². The molecular weight excluding hydrogens is 396 g/mol. The fraction of sp³-hybridized carbons (Fsp3) is 0.429. The summed E-state index contributed by atoms with van der Waals surface area (Å²) in [6.07, 6.45) is 11.7. The maximum absolute atomic E-state index is 13.4. The average molecular weight is 429 g/mol. The second-order valence-electron chi connectivity index (χ2n) is 9.26. The largest absolute Gasteiger partial charge is 0.456 e. The molecule has 1 aliphatic carbocycles. The summed E-state index contributed by atoms with van der Waals surface area (Å²) in [4.78, 5) is 20.4. The van der Waals surface area contributed by atoms with Crippen molar-refractivity contribution in [3.63, 3.8) is 0 Å². The Morgan fingerprint density at radius 3 is 2.69 bits per heavy atom. The Balaban J connectivity index is 1.24. The lowest BCUT2D eigenvalue weighted by Gasteiger charge is -2.29. The topological polar surface area (TPSA) is 46.3 Å². The molecule has 4 heteroatoms. The first-order chi connectivity index (χ1) is 15.8. The van der Waals surface area contributed by atoms with E-state index in [1.807, 2.05) is 42.6 Å². The van der Waals surface area contributed by atoms with Crippen LogP contribution in [0, 0.1) is 5.92 Å². The van der Waals surface area contributed by atoms with E-state index in [9.17, 15) is 4.79 Å². The number of hydrogen-bond acceptors (Lipinski definition) is 4. The summed E-state index contributed by atoms with van der Waals surface area (Å²) in [6.45, 7) is 2.82. The van der Waals surface area contributed by atoms with Crippen molar-refractivity contribution >= 4 is 22.3 Å². The second kappa shape index (κ2) is 9.83. The van der Waals surface area contributed by atoms with Crippen molar-refractivity contribution in [3.8, 4) is 0 Å². The number of ketones is 1. The number of benzene rings is 1. The Labute approximate surface area is 190 Å². The molecule has 1 saturated carbocycles. The maximum Gasteiger partial charge on any atom is 0.145 e. The Hall–Kier alpha value is -2.72. The van der Waals surface area contributed by atoms with Gasteiger partial charge in [-0.2, -0.15) is 0 Å². The number of hydrogen-bond donors (Lipinski definition) is 0. The van der Waals surface area contributed by atoms with Crippen LogP contribution in [0.5, 0.6) is 0 Å². The van der Waals surface area contributed by atoms with Gasteiger partial charge in [-0.1, -0.05) is 49.6 Å². The molecule has 5 rings (SSSR count). The average Bonchev–Trinajstić information content (AvgIpc) is 3.30. The SMILES string of the molecule is O=C(C1CCCCC1)C(CCN1CC=C(c2cc3ccccc3o2)CC1)c1ccccn1. The minimum Gasteiger partial charge on any atom is -0.456 e. The van der Waals surface area contributed by atoms with E-state index in [1.165, 1.54) is 24.8 Å². The fourth-order valence-electron chi connectivity index (χ4n) is 5.28. The summed E-state index contributed by atoms with van der Waals surface area (Å²) in [6, 6.07) is 16.3. The summed E-state index contributed by atoms with van der Waals surface area (Å²) in [7, 11) is 0. The Kier molecular flexibility index (Phi) is 6.49. The van der Waals surface area contributed by atoms with Crippen LogP contribution in [0.25, 0.3) is 16.5 Å². The molecule has 0 amide bonds. The highest BCUT2D eigenvalue weighted by Crippen LogP contribution is 2.32. The van der Waals surface area contributed by atoms with Gasteiger partial charge in [-0.15, -0.1) is 0 Å². The molecule has 32 heavy (non-hydrogen) atoms. The van der Waals surface area contributed by atoms with Gasteiger partial charge in [0.1, 0.15) is 17.1 Å². The van der Waals surface area contributed by atoms with Gasteiger partial charge >= 0.3 is 0 Å². The third-order valence-electron chi connectivity index (χ3n) is 7.17. The number of aromatic nitrogens is 1. The highest BCUT2D eigenvalue weighted by molar-refractivity contribution is 5.87. The number of para-hydroxylation sites is 1. The number of rotatable bonds is 7. The van der Waals surface area contributed by atoms with Crippen LogP contribution in [0.15, 0.2) is 65.2 Å². The lowest BCUT2D eigenvalue weighted by atomic mass is 9.79. The van der Waals surface area contributed by atoms with Gasteiger partial charge in [-0.25, -0.2) is 0 Å². The molecule has 0 bridgehead atoms. The monoisotopic (exact) mass is 428 g/mol. The zero-order valence-corrected chi connectivity index (χ0v) is 18.7. The second-order valence-corrected chi connectivity index (χ2v) is 9.26. The van der Waals surface area contributed by atoms with Crippen LogP contribution in [0.2, 0.25) is 0 Å². The molecular formula is C28H32N2O2. The quantitative estimate of drug-likeness (QED) is 0.447. The zero-order chi connectivity index (χ0) is 21.8. The van der Waals surface area contributed by atoms with Crippen LogP contribution in [-0.2, 0) is 4.79 Å². The molecule has 1 aliphatic heterocycles. The predicted molar refractivity (Wildman–Crippen MR) is 128 cm³/mol. The molecule has 0 radical (unpaired) electrons. The van der Waals surface area contributed by atoms with Gasteiger partial charge in [-0.05, 0) is 62.1 Å². The number of carbonyl (C=O) groups is 1. The molecule has 0 saturated heterocycles. The van der Waals surface area contributed by atoms with E-state index >= 15 is 0 Å². The smallest absolute Gasteiger partial charge is 0.145 e. The normalized spacial score (nSPS) is 19.1. The highest BCUT2D eigenvalue weighted by Gasteiger charge is 2.30. The summed E-state index contributed by atoms with van der Waals surface area (Å²) >= 11 is 0. The van der Waals surface area contributed by atoms with Crippen molar-refractivity contribution in [3.05, 3.63) is 72.3 Å². The Morgan fingerprint density at radius 2 is 1.94 bits per heavy atom. The molecule has 1 fully saturated rings. The number of Topliss-reactive ketones (excluding diaryl/α,β-unsaturated/α-hetero) is 1. The third-order valence-corrected chi connectivity index (χ3v) is 7.17. The Morgan fingerprint density at radius 1 is 1.09 bits per heavy atom. The van der Waals surface area contributed by atoms with Crippen molar-refractivity contribution < 1.29 is 9.21 Å². The molecule has 0 N–H and O–H groups in total. The van der Waals surface area contributed by atoms with Gasteiger partial charge in [0, 0.05) is 30.6 Å². The van der Waals surface area contributed by atoms with Gasteiger partial charge in [0.2, 0.25) is 0 Å². The van der Waals surface area contributed by atoms with Gasteiger partial charge in [-0.3, -0.25) is 14.7 Å². The molecule has 2 aromatic heterocycles. The van der Waals surface area contributed by atoms with Crippen LogP contribution >= 0.6 is 0 Å². The summed E-state index contributed by atoms with van der Waals surface area (Å²) in [5.41, 5.74) is 3.18. The van der Waals surface area contributed by atoms with Crippen LogP contribution in [0.3, 0.4) is 0 Å². The summed E-state index contributed by atoms with van der Waals surface area (Å²) in [5, 5.41) is 1.16. The third kappa shape index (κ3) is 4.71. The van der Waals surface area contributed by atoms with Crippen molar-refractivity contribution in [2.75, 3.05) is 19.6 Å². The summed E-state index contributed by atoms with van der Waals surface area (Å²) in [5.74, 6) is 1.54. The molecule has 2 aliphatic rings. The number of furan rings is 1.